The fraction of sp³-hybridized carbons (Fsp3) is 0.467. The molecule has 0 unspecified atom stereocenters. The Morgan fingerprint density at radius 1 is 0.957 bits per heavy atom. The fourth-order valence-electron chi connectivity index (χ4n) is 2.09. The van der Waals surface area contributed by atoms with Gasteiger partial charge in [-0.25, -0.2) is 0 Å². The van der Waals surface area contributed by atoms with Crippen LogP contribution in [0.4, 0.5) is 0 Å². The maximum Gasteiger partial charge on any atom is 0.320 e. The molecule has 128 valence electrons. The van der Waals surface area contributed by atoms with Gasteiger partial charge < -0.3 is 23.7 Å². The van der Waals surface area contributed by atoms with Crippen molar-refractivity contribution in [3.8, 4) is 17.2 Å². The molecule has 0 fully saturated rings. The number of benzene rings is 1. The summed E-state index contributed by atoms with van der Waals surface area (Å²) in [6, 6.07) is 1.70. The van der Waals surface area contributed by atoms with Crippen molar-refractivity contribution < 1.29 is 33.3 Å². The lowest BCUT2D eigenvalue weighted by atomic mass is 9.98. The van der Waals surface area contributed by atoms with E-state index in [0.29, 0.717) is 26.4 Å². The lowest BCUT2D eigenvalue weighted by Gasteiger charge is -2.18. The van der Waals surface area contributed by atoms with Crippen molar-refractivity contribution in [1.82, 2.24) is 0 Å². The third-order valence-corrected chi connectivity index (χ3v) is 4.42. The van der Waals surface area contributed by atoms with Crippen molar-refractivity contribution in [3.63, 3.8) is 0 Å². The van der Waals surface area contributed by atoms with Crippen molar-refractivity contribution in [2.45, 2.75) is 6.42 Å². The van der Waals surface area contributed by atoms with E-state index < -0.39 is 17.9 Å². The van der Waals surface area contributed by atoms with Crippen LogP contribution in [0, 0.1) is 9.49 Å². The number of rotatable bonds is 7. The highest BCUT2D eigenvalue weighted by molar-refractivity contribution is 14.1. The molecule has 0 saturated carbocycles. The summed E-state index contributed by atoms with van der Waals surface area (Å²) in [6.07, 6.45) is 0.0916. The van der Waals surface area contributed by atoms with Crippen molar-refractivity contribution in [2.75, 3.05) is 35.5 Å². The summed E-state index contributed by atoms with van der Waals surface area (Å²) in [4.78, 5) is 23.7. The molecule has 0 radical (unpaired) electrons. The van der Waals surface area contributed by atoms with E-state index in [1.54, 1.807) is 6.07 Å². The third kappa shape index (κ3) is 4.18. The van der Waals surface area contributed by atoms with E-state index >= 15 is 0 Å². The summed E-state index contributed by atoms with van der Waals surface area (Å²) in [7, 11) is 6.94. The number of hydrogen-bond donors (Lipinski definition) is 0. The van der Waals surface area contributed by atoms with Crippen molar-refractivity contribution >= 4 is 34.5 Å². The van der Waals surface area contributed by atoms with Crippen LogP contribution in [-0.2, 0) is 25.5 Å². The Kier molecular flexibility index (Phi) is 7.40. The molecular formula is C15H19IO7. The highest BCUT2D eigenvalue weighted by atomic mass is 127. The summed E-state index contributed by atoms with van der Waals surface area (Å²) in [5.74, 6) is -1.05. The number of hydrogen-bond acceptors (Lipinski definition) is 7. The number of carbonyl (C=O) groups is 2. The molecule has 0 aromatic heterocycles. The van der Waals surface area contributed by atoms with Gasteiger partial charge in [0.1, 0.15) is 0 Å². The first-order valence-corrected chi connectivity index (χ1v) is 7.65. The minimum Gasteiger partial charge on any atom is -0.493 e. The van der Waals surface area contributed by atoms with Gasteiger partial charge in [0, 0.05) is 0 Å². The molecule has 1 aromatic carbocycles. The van der Waals surface area contributed by atoms with Gasteiger partial charge in [0.15, 0.2) is 17.4 Å². The molecule has 8 heteroatoms. The van der Waals surface area contributed by atoms with E-state index in [4.69, 9.17) is 14.2 Å². The fourth-order valence-corrected chi connectivity index (χ4v) is 2.93. The molecule has 0 atom stereocenters. The Labute approximate surface area is 148 Å². The topological polar surface area (TPSA) is 80.3 Å². The summed E-state index contributed by atoms with van der Waals surface area (Å²) in [5.41, 5.74) is 0.681. The predicted molar refractivity (Wildman–Crippen MR) is 90.0 cm³/mol. The molecule has 0 amide bonds. The van der Waals surface area contributed by atoms with Gasteiger partial charge in [-0.15, -0.1) is 0 Å². The van der Waals surface area contributed by atoms with Gasteiger partial charge in [0.2, 0.25) is 5.75 Å². The van der Waals surface area contributed by atoms with Gasteiger partial charge in [0.05, 0.1) is 39.1 Å². The van der Waals surface area contributed by atoms with E-state index in [9.17, 15) is 9.59 Å². The molecule has 0 heterocycles. The maximum absolute atomic E-state index is 11.8. The maximum atomic E-state index is 11.8. The molecule has 0 aliphatic rings. The molecule has 0 bridgehead atoms. The SMILES string of the molecule is COC(=O)C(Cc1cc(OC)c(OC)c(OC)c1I)C(=O)OC. The monoisotopic (exact) mass is 438 g/mol. The summed E-state index contributed by atoms with van der Waals surface area (Å²) >= 11 is 2.06. The molecule has 0 saturated heterocycles. The summed E-state index contributed by atoms with van der Waals surface area (Å²) < 4.78 is 26.0. The number of halogens is 1. The van der Waals surface area contributed by atoms with Crippen LogP contribution >= 0.6 is 22.6 Å². The van der Waals surface area contributed by atoms with Gasteiger partial charge in [-0.2, -0.15) is 0 Å². The Hall–Kier alpha value is -1.71. The van der Waals surface area contributed by atoms with E-state index in [0.717, 1.165) is 0 Å². The highest BCUT2D eigenvalue weighted by Gasteiger charge is 2.31. The zero-order valence-corrected chi connectivity index (χ0v) is 15.8. The molecule has 7 nitrogen and oxygen atoms in total. The standard InChI is InChI=1S/C15H19IO7/c1-19-10-7-8(11(16)13(21-3)12(10)20-2)6-9(14(17)22-4)15(18)23-5/h7,9H,6H2,1-5H3. The summed E-state index contributed by atoms with van der Waals surface area (Å²) in [5, 5.41) is 0. The van der Waals surface area contributed by atoms with Crippen LogP contribution in [0.15, 0.2) is 6.07 Å². The molecule has 0 N–H and O–H groups in total. The van der Waals surface area contributed by atoms with Gasteiger partial charge in [-0.05, 0) is 40.6 Å². The average Bonchev–Trinajstić information content (AvgIpc) is 2.58. The zero-order valence-electron chi connectivity index (χ0n) is 13.6. The lowest BCUT2D eigenvalue weighted by Crippen LogP contribution is -2.28. The van der Waals surface area contributed by atoms with Crippen molar-refractivity contribution in [2.24, 2.45) is 5.92 Å². The van der Waals surface area contributed by atoms with Gasteiger partial charge in [-0.3, -0.25) is 9.59 Å². The van der Waals surface area contributed by atoms with Gasteiger partial charge >= 0.3 is 11.9 Å². The average molecular weight is 438 g/mol. The van der Waals surface area contributed by atoms with Crippen LogP contribution in [0.5, 0.6) is 17.2 Å². The Morgan fingerprint density at radius 2 is 1.48 bits per heavy atom. The van der Waals surface area contributed by atoms with Crippen molar-refractivity contribution in [1.29, 1.82) is 0 Å². The largest absolute Gasteiger partial charge is 0.493 e. The quantitative estimate of drug-likeness (QED) is 0.365. The first kappa shape index (κ1) is 19.3. The van der Waals surface area contributed by atoms with Gasteiger partial charge in [0.25, 0.3) is 0 Å². The van der Waals surface area contributed by atoms with Crippen molar-refractivity contribution in [3.05, 3.63) is 15.2 Å². The highest BCUT2D eigenvalue weighted by Crippen LogP contribution is 2.43. The predicted octanol–water partition coefficient (Wildman–Crippen LogP) is 1.82. The molecule has 1 aromatic rings. The molecule has 0 aliphatic carbocycles. The van der Waals surface area contributed by atoms with E-state index in [1.165, 1.54) is 35.5 Å². The Morgan fingerprint density at radius 3 is 1.87 bits per heavy atom. The third-order valence-electron chi connectivity index (χ3n) is 3.24. The van der Waals surface area contributed by atoms with Gasteiger partial charge in [-0.1, -0.05) is 0 Å². The number of carbonyl (C=O) groups excluding carboxylic acids is 2. The molecule has 0 spiro atoms. The molecular weight excluding hydrogens is 419 g/mol. The first-order valence-electron chi connectivity index (χ1n) is 6.58. The second-order valence-corrected chi connectivity index (χ2v) is 5.50. The number of esters is 2. The minimum absolute atomic E-state index is 0.0916. The molecule has 1 rings (SSSR count). The normalized spacial score (nSPS) is 10.2. The molecule has 23 heavy (non-hydrogen) atoms. The van der Waals surface area contributed by atoms with Crippen LogP contribution < -0.4 is 14.2 Å². The number of ether oxygens (including phenoxy) is 5. The smallest absolute Gasteiger partial charge is 0.320 e. The van der Waals surface area contributed by atoms with Crippen LogP contribution in [0.25, 0.3) is 0 Å². The van der Waals surface area contributed by atoms with E-state index in [2.05, 4.69) is 32.1 Å². The molecule has 0 aliphatic heterocycles. The zero-order chi connectivity index (χ0) is 17.6. The van der Waals surface area contributed by atoms with Crippen LogP contribution in [0.3, 0.4) is 0 Å². The van der Waals surface area contributed by atoms with Crippen LogP contribution in [0.2, 0.25) is 0 Å². The Balaban J connectivity index is 3.36. The van der Waals surface area contributed by atoms with Crippen LogP contribution in [-0.4, -0.2) is 47.5 Å². The first-order chi connectivity index (χ1) is 10.9. The van der Waals surface area contributed by atoms with E-state index in [1.807, 2.05) is 0 Å². The Bertz CT molecular complexity index is 570. The second kappa shape index (κ2) is 8.80. The van der Waals surface area contributed by atoms with Crippen LogP contribution in [0.1, 0.15) is 5.56 Å². The van der Waals surface area contributed by atoms with E-state index in [-0.39, 0.29) is 6.42 Å². The second-order valence-electron chi connectivity index (χ2n) is 4.42. The summed E-state index contributed by atoms with van der Waals surface area (Å²) in [6.45, 7) is 0. The minimum atomic E-state index is -1.07. The number of methoxy groups -OCH3 is 5. The lowest BCUT2D eigenvalue weighted by molar-refractivity contribution is -0.158.